The number of methoxy groups -OCH3 is 1. The third-order valence-electron chi connectivity index (χ3n) is 1.87. The van der Waals surface area contributed by atoms with Crippen LogP contribution in [0.1, 0.15) is 13.8 Å². The predicted molar refractivity (Wildman–Crippen MR) is 43.3 cm³/mol. The van der Waals surface area contributed by atoms with Crippen LogP contribution in [0.15, 0.2) is 0 Å². The van der Waals surface area contributed by atoms with Gasteiger partial charge in [0.2, 0.25) is 0 Å². The van der Waals surface area contributed by atoms with E-state index in [1.165, 1.54) is 7.11 Å². The van der Waals surface area contributed by atoms with Crippen LogP contribution in [0.2, 0.25) is 0 Å². The fourth-order valence-corrected chi connectivity index (χ4v) is 1.28. The minimum Gasteiger partial charge on any atom is -0.479 e. The van der Waals surface area contributed by atoms with Crippen molar-refractivity contribution in [2.45, 2.75) is 31.8 Å². The van der Waals surface area contributed by atoms with Crippen LogP contribution in [0.3, 0.4) is 0 Å². The van der Waals surface area contributed by atoms with Crippen LogP contribution in [0.25, 0.3) is 0 Å². The molecule has 0 radical (unpaired) electrons. The van der Waals surface area contributed by atoms with Gasteiger partial charge in [-0.05, 0) is 13.8 Å². The lowest BCUT2D eigenvalue weighted by atomic mass is 10.2. The Labute approximate surface area is 76.6 Å². The molecule has 1 rings (SSSR count). The second kappa shape index (κ2) is 3.61. The van der Waals surface area contributed by atoms with Crippen molar-refractivity contribution in [3.05, 3.63) is 0 Å². The van der Waals surface area contributed by atoms with Gasteiger partial charge in [-0.25, -0.2) is 4.79 Å². The number of aliphatic carboxylic acids is 1. The molecule has 0 unspecified atom stereocenters. The van der Waals surface area contributed by atoms with Gasteiger partial charge in [-0.2, -0.15) is 0 Å². The number of carboxylic acids is 1. The Hall–Kier alpha value is -0.650. The zero-order valence-electron chi connectivity index (χ0n) is 7.94. The average molecular weight is 190 g/mol. The first-order chi connectivity index (χ1) is 5.96. The first-order valence-electron chi connectivity index (χ1n) is 4.03. The van der Waals surface area contributed by atoms with Crippen molar-refractivity contribution in [2.75, 3.05) is 13.7 Å². The Kier molecular flexibility index (Phi) is 2.90. The van der Waals surface area contributed by atoms with Gasteiger partial charge in [0.25, 0.3) is 0 Å². The second-order valence-corrected chi connectivity index (χ2v) is 3.36. The monoisotopic (exact) mass is 190 g/mol. The van der Waals surface area contributed by atoms with E-state index in [9.17, 15) is 4.79 Å². The second-order valence-electron chi connectivity index (χ2n) is 3.36. The lowest BCUT2D eigenvalue weighted by molar-refractivity contribution is -0.171. The third-order valence-corrected chi connectivity index (χ3v) is 1.87. The fourth-order valence-electron chi connectivity index (χ4n) is 1.28. The maximum atomic E-state index is 10.7. The van der Waals surface area contributed by atoms with E-state index in [0.29, 0.717) is 0 Å². The van der Waals surface area contributed by atoms with Gasteiger partial charge in [-0.15, -0.1) is 0 Å². The average Bonchev–Trinajstić information content (AvgIpc) is 2.31. The molecule has 0 spiro atoms. The molecule has 0 aromatic carbocycles. The van der Waals surface area contributed by atoms with Crippen LogP contribution in [-0.4, -0.2) is 42.8 Å². The van der Waals surface area contributed by atoms with Crippen molar-refractivity contribution < 1.29 is 24.1 Å². The minimum atomic E-state index is -1.03. The van der Waals surface area contributed by atoms with Crippen molar-refractivity contribution in [1.82, 2.24) is 0 Å². The Morgan fingerprint density at radius 3 is 2.62 bits per heavy atom. The normalized spacial score (nSPS) is 28.7. The van der Waals surface area contributed by atoms with Gasteiger partial charge in [0.05, 0.1) is 6.61 Å². The Morgan fingerprint density at radius 2 is 2.31 bits per heavy atom. The van der Waals surface area contributed by atoms with Gasteiger partial charge >= 0.3 is 5.97 Å². The summed E-state index contributed by atoms with van der Waals surface area (Å²) in [5.41, 5.74) is 0. The molecular formula is C8H14O5. The summed E-state index contributed by atoms with van der Waals surface area (Å²) >= 11 is 0. The molecule has 5 nitrogen and oxygen atoms in total. The minimum absolute atomic E-state index is 0.248. The van der Waals surface area contributed by atoms with Crippen LogP contribution in [-0.2, 0) is 19.0 Å². The molecule has 1 heterocycles. The maximum absolute atomic E-state index is 10.7. The largest absolute Gasteiger partial charge is 0.479 e. The summed E-state index contributed by atoms with van der Waals surface area (Å²) in [7, 11) is 1.34. The molecule has 2 atom stereocenters. The maximum Gasteiger partial charge on any atom is 0.335 e. The van der Waals surface area contributed by atoms with Crippen LogP contribution in [0.5, 0.6) is 0 Å². The lowest BCUT2D eigenvalue weighted by Crippen LogP contribution is -2.38. The number of hydrogen-bond donors (Lipinski definition) is 1. The van der Waals surface area contributed by atoms with Crippen LogP contribution >= 0.6 is 0 Å². The van der Waals surface area contributed by atoms with E-state index in [4.69, 9.17) is 19.3 Å². The summed E-state index contributed by atoms with van der Waals surface area (Å²) in [5.74, 6) is -1.74. The van der Waals surface area contributed by atoms with E-state index >= 15 is 0 Å². The highest BCUT2D eigenvalue weighted by atomic mass is 16.7. The molecule has 0 saturated carbocycles. The summed E-state index contributed by atoms with van der Waals surface area (Å²) in [6.07, 6.45) is -1.49. The highest BCUT2D eigenvalue weighted by molar-refractivity contribution is 5.73. The van der Waals surface area contributed by atoms with Crippen LogP contribution < -0.4 is 0 Å². The zero-order chi connectivity index (χ0) is 10.1. The lowest BCUT2D eigenvalue weighted by Gasteiger charge is -2.20. The Bertz CT molecular complexity index is 201. The first-order valence-corrected chi connectivity index (χ1v) is 4.03. The number of carbonyl (C=O) groups is 1. The van der Waals surface area contributed by atoms with E-state index in [1.54, 1.807) is 13.8 Å². The number of ether oxygens (including phenoxy) is 3. The van der Waals surface area contributed by atoms with E-state index < -0.39 is 24.0 Å². The quantitative estimate of drug-likeness (QED) is 0.690. The van der Waals surface area contributed by atoms with Crippen molar-refractivity contribution in [2.24, 2.45) is 0 Å². The molecule has 76 valence electrons. The van der Waals surface area contributed by atoms with Crippen molar-refractivity contribution >= 4 is 5.97 Å². The number of carboxylic acid groups (broad SMARTS) is 1. The summed E-state index contributed by atoms with van der Waals surface area (Å²) in [6.45, 7) is 3.72. The highest BCUT2D eigenvalue weighted by Gasteiger charge is 2.40. The van der Waals surface area contributed by atoms with Crippen molar-refractivity contribution in [1.29, 1.82) is 0 Å². The molecule has 0 aromatic heterocycles. The van der Waals surface area contributed by atoms with Crippen molar-refractivity contribution in [3.63, 3.8) is 0 Å². The molecule has 5 heteroatoms. The predicted octanol–water partition coefficient (Wildman–Crippen LogP) is 0.237. The molecule has 1 N–H and O–H groups in total. The number of rotatable bonds is 3. The third kappa shape index (κ3) is 2.40. The van der Waals surface area contributed by atoms with Gasteiger partial charge in [0, 0.05) is 7.11 Å². The molecule has 0 bridgehead atoms. The van der Waals surface area contributed by atoms with Crippen LogP contribution in [0, 0.1) is 0 Å². The van der Waals surface area contributed by atoms with Gasteiger partial charge < -0.3 is 19.3 Å². The van der Waals surface area contributed by atoms with Gasteiger partial charge in [-0.1, -0.05) is 0 Å². The zero-order valence-corrected chi connectivity index (χ0v) is 7.94. The summed E-state index contributed by atoms with van der Waals surface area (Å²) < 4.78 is 15.3. The van der Waals surface area contributed by atoms with E-state index in [0.717, 1.165) is 0 Å². The molecule has 1 saturated heterocycles. The molecule has 1 fully saturated rings. The Balaban J connectivity index is 2.58. The molecule has 1 aliphatic rings. The van der Waals surface area contributed by atoms with E-state index in [2.05, 4.69) is 0 Å². The molecule has 0 aliphatic carbocycles. The molecule has 0 aromatic rings. The fraction of sp³-hybridized carbons (Fsp3) is 0.875. The Morgan fingerprint density at radius 1 is 1.69 bits per heavy atom. The standard InChI is InChI=1S/C8H14O5/c1-8(2)12-4-5(13-8)6(11-3)7(9)10/h5-6H,4H2,1-3H3,(H,9,10)/t5-,6+/m0/s1. The first kappa shape index (κ1) is 10.4. The van der Waals surface area contributed by atoms with E-state index in [-0.39, 0.29) is 6.61 Å². The van der Waals surface area contributed by atoms with Gasteiger partial charge in [-0.3, -0.25) is 0 Å². The topological polar surface area (TPSA) is 65.0 Å². The highest BCUT2D eigenvalue weighted by Crippen LogP contribution is 2.25. The number of hydrogen-bond acceptors (Lipinski definition) is 4. The van der Waals surface area contributed by atoms with E-state index in [1.807, 2.05) is 0 Å². The summed E-state index contributed by atoms with van der Waals surface area (Å²) in [5, 5.41) is 8.74. The molecular weight excluding hydrogens is 176 g/mol. The molecule has 13 heavy (non-hydrogen) atoms. The summed E-state index contributed by atoms with van der Waals surface area (Å²) in [4.78, 5) is 10.7. The molecule has 1 aliphatic heterocycles. The van der Waals surface area contributed by atoms with Crippen molar-refractivity contribution in [3.8, 4) is 0 Å². The molecule has 0 amide bonds. The summed E-state index contributed by atoms with van der Waals surface area (Å²) in [6, 6.07) is 0. The van der Waals surface area contributed by atoms with Crippen LogP contribution in [0.4, 0.5) is 0 Å². The SMILES string of the molecule is CO[C@@H](C(=O)O)[C@@H]1COC(C)(C)O1. The smallest absolute Gasteiger partial charge is 0.335 e. The van der Waals surface area contributed by atoms with Gasteiger partial charge in [0.15, 0.2) is 11.9 Å². The van der Waals surface area contributed by atoms with Gasteiger partial charge in [0.1, 0.15) is 6.10 Å².